The largest absolute Gasteiger partial charge is 0.416 e. The molecule has 0 aromatic heterocycles. The van der Waals surface area contributed by atoms with Crippen molar-refractivity contribution in [3.05, 3.63) is 29.3 Å². The van der Waals surface area contributed by atoms with Crippen molar-refractivity contribution in [2.75, 3.05) is 11.9 Å². The van der Waals surface area contributed by atoms with Crippen LogP contribution in [-0.4, -0.2) is 23.9 Å². The van der Waals surface area contributed by atoms with Gasteiger partial charge in [0.25, 0.3) is 0 Å². The molecule has 2 nitrogen and oxygen atoms in total. The molecule has 1 aromatic rings. The van der Waals surface area contributed by atoms with Crippen LogP contribution in [0.4, 0.5) is 18.9 Å². The van der Waals surface area contributed by atoms with Gasteiger partial charge in [0.05, 0.1) is 0 Å². The van der Waals surface area contributed by atoms with Gasteiger partial charge in [0.2, 0.25) is 0 Å². The van der Waals surface area contributed by atoms with Gasteiger partial charge in [0.15, 0.2) is 6.10 Å². The number of anilines is 1. The minimum absolute atomic E-state index is 0.534. The Morgan fingerprint density at radius 1 is 1.31 bits per heavy atom. The van der Waals surface area contributed by atoms with Crippen molar-refractivity contribution in [3.63, 3.8) is 0 Å². The van der Waals surface area contributed by atoms with Gasteiger partial charge in [-0.1, -0.05) is 12.1 Å². The molecule has 5 heteroatoms. The standard InChI is InChI=1S/C11H14F3NO/c1-7-4-3-5-9(8(7)2)15-6-10(16)11(12,13)14/h3-5,10,15-16H,6H2,1-2H3. The van der Waals surface area contributed by atoms with Crippen LogP contribution in [0.1, 0.15) is 11.1 Å². The highest BCUT2D eigenvalue weighted by molar-refractivity contribution is 5.53. The Morgan fingerprint density at radius 2 is 1.94 bits per heavy atom. The van der Waals surface area contributed by atoms with Gasteiger partial charge < -0.3 is 10.4 Å². The molecular formula is C11H14F3NO. The number of benzene rings is 1. The maximum Gasteiger partial charge on any atom is 0.416 e. The van der Waals surface area contributed by atoms with Crippen molar-refractivity contribution >= 4 is 5.69 Å². The zero-order chi connectivity index (χ0) is 12.3. The average Bonchev–Trinajstić information content (AvgIpc) is 2.18. The number of halogens is 3. The summed E-state index contributed by atoms with van der Waals surface area (Å²) < 4.78 is 36.1. The van der Waals surface area contributed by atoms with Crippen molar-refractivity contribution in [2.24, 2.45) is 0 Å². The first kappa shape index (κ1) is 12.8. The third-order valence-corrected chi connectivity index (χ3v) is 2.47. The van der Waals surface area contributed by atoms with Gasteiger partial charge >= 0.3 is 6.18 Å². The van der Waals surface area contributed by atoms with E-state index in [1.807, 2.05) is 19.9 Å². The normalized spacial score (nSPS) is 13.6. The van der Waals surface area contributed by atoms with Crippen LogP contribution in [0.3, 0.4) is 0 Å². The molecule has 1 rings (SSSR count). The van der Waals surface area contributed by atoms with Gasteiger partial charge in [-0.3, -0.25) is 0 Å². The van der Waals surface area contributed by atoms with E-state index in [0.29, 0.717) is 5.69 Å². The van der Waals surface area contributed by atoms with Crippen LogP contribution in [0.25, 0.3) is 0 Å². The van der Waals surface area contributed by atoms with Crippen molar-refractivity contribution in [1.82, 2.24) is 0 Å². The number of hydrogen-bond acceptors (Lipinski definition) is 2. The average molecular weight is 233 g/mol. The zero-order valence-corrected chi connectivity index (χ0v) is 9.10. The van der Waals surface area contributed by atoms with Gasteiger partial charge in [-0.25, -0.2) is 0 Å². The molecule has 0 spiro atoms. The second-order valence-electron chi connectivity index (χ2n) is 3.69. The predicted octanol–water partition coefficient (Wildman–Crippen LogP) is 2.64. The fraction of sp³-hybridized carbons (Fsp3) is 0.455. The highest BCUT2D eigenvalue weighted by Crippen LogP contribution is 2.22. The van der Waals surface area contributed by atoms with Crippen LogP contribution in [-0.2, 0) is 0 Å². The Hall–Kier alpha value is -1.23. The Morgan fingerprint density at radius 3 is 2.50 bits per heavy atom. The van der Waals surface area contributed by atoms with E-state index in [0.717, 1.165) is 11.1 Å². The zero-order valence-electron chi connectivity index (χ0n) is 9.10. The summed E-state index contributed by atoms with van der Waals surface area (Å²) in [6.07, 6.45) is -6.92. The van der Waals surface area contributed by atoms with Crippen LogP contribution in [0.15, 0.2) is 18.2 Å². The van der Waals surface area contributed by atoms with E-state index >= 15 is 0 Å². The lowest BCUT2D eigenvalue weighted by Crippen LogP contribution is -2.35. The second-order valence-corrected chi connectivity index (χ2v) is 3.69. The van der Waals surface area contributed by atoms with Crippen molar-refractivity contribution < 1.29 is 18.3 Å². The SMILES string of the molecule is Cc1cccc(NCC(O)C(F)(F)F)c1C. The molecule has 0 amide bonds. The molecule has 0 aliphatic carbocycles. The van der Waals surface area contributed by atoms with Crippen molar-refractivity contribution in [3.8, 4) is 0 Å². The van der Waals surface area contributed by atoms with Crippen LogP contribution < -0.4 is 5.32 Å². The highest BCUT2D eigenvalue weighted by atomic mass is 19.4. The summed E-state index contributed by atoms with van der Waals surface area (Å²) in [6, 6.07) is 5.32. The molecule has 0 fully saturated rings. The van der Waals surface area contributed by atoms with E-state index in [1.54, 1.807) is 12.1 Å². The van der Waals surface area contributed by atoms with Gasteiger partial charge in [-0.05, 0) is 31.0 Å². The first-order valence-electron chi connectivity index (χ1n) is 4.87. The second kappa shape index (κ2) is 4.74. The minimum Gasteiger partial charge on any atom is -0.382 e. The Balaban J connectivity index is 2.65. The number of nitrogens with one attached hydrogen (secondary N) is 1. The Bertz CT molecular complexity index is 363. The first-order valence-corrected chi connectivity index (χ1v) is 4.87. The molecule has 16 heavy (non-hydrogen) atoms. The lowest BCUT2D eigenvalue weighted by molar-refractivity contribution is -0.198. The molecular weight excluding hydrogens is 219 g/mol. The van der Waals surface area contributed by atoms with E-state index in [-0.39, 0.29) is 0 Å². The summed E-state index contributed by atoms with van der Waals surface area (Å²) in [7, 11) is 0. The summed E-state index contributed by atoms with van der Waals surface area (Å²) in [5, 5.41) is 11.4. The molecule has 0 aliphatic rings. The Kier molecular flexibility index (Phi) is 3.80. The molecule has 0 radical (unpaired) electrons. The summed E-state index contributed by atoms with van der Waals surface area (Å²) in [5.74, 6) is 0. The van der Waals surface area contributed by atoms with Crippen LogP contribution >= 0.6 is 0 Å². The first-order chi connectivity index (χ1) is 7.32. The van der Waals surface area contributed by atoms with E-state index in [4.69, 9.17) is 5.11 Å². The summed E-state index contributed by atoms with van der Waals surface area (Å²) in [4.78, 5) is 0. The molecule has 1 atom stereocenters. The molecule has 0 aliphatic heterocycles. The lowest BCUT2D eigenvalue weighted by atomic mass is 10.1. The number of rotatable bonds is 3. The monoisotopic (exact) mass is 233 g/mol. The molecule has 1 aromatic carbocycles. The van der Waals surface area contributed by atoms with Gasteiger partial charge in [0, 0.05) is 12.2 Å². The van der Waals surface area contributed by atoms with E-state index in [2.05, 4.69) is 5.32 Å². The maximum absolute atomic E-state index is 12.0. The van der Waals surface area contributed by atoms with E-state index < -0.39 is 18.8 Å². The molecule has 0 heterocycles. The van der Waals surface area contributed by atoms with Gasteiger partial charge in [-0.2, -0.15) is 13.2 Å². The molecule has 0 bridgehead atoms. The number of alkyl halides is 3. The summed E-state index contributed by atoms with van der Waals surface area (Å²) in [5.41, 5.74) is 2.49. The number of aliphatic hydroxyl groups excluding tert-OH is 1. The van der Waals surface area contributed by atoms with Crippen molar-refractivity contribution in [2.45, 2.75) is 26.1 Å². The predicted molar refractivity (Wildman–Crippen MR) is 56.5 cm³/mol. The highest BCUT2D eigenvalue weighted by Gasteiger charge is 2.37. The molecule has 1 unspecified atom stereocenters. The van der Waals surface area contributed by atoms with Crippen LogP contribution in [0.5, 0.6) is 0 Å². The van der Waals surface area contributed by atoms with E-state index in [1.165, 1.54) is 0 Å². The lowest BCUT2D eigenvalue weighted by Gasteiger charge is -2.17. The minimum atomic E-state index is -4.58. The fourth-order valence-corrected chi connectivity index (χ4v) is 1.26. The third kappa shape index (κ3) is 3.13. The van der Waals surface area contributed by atoms with Gasteiger partial charge in [0.1, 0.15) is 0 Å². The summed E-state index contributed by atoms with van der Waals surface area (Å²) in [6.45, 7) is 3.16. The van der Waals surface area contributed by atoms with Crippen molar-refractivity contribution in [1.29, 1.82) is 0 Å². The van der Waals surface area contributed by atoms with Crippen LogP contribution in [0.2, 0.25) is 0 Å². The fourth-order valence-electron chi connectivity index (χ4n) is 1.26. The quantitative estimate of drug-likeness (QED) is 0.841. The molecule has 90 valence electrons. The maximum atomic E-state index is 12.0. The Labute approximate surface area is 92.1 Å². The molecule has 0 saturated carbocycles. The number of aryl methyl sites for hydroxylation is 1. The topological polar surface area (TPSA) is 32.3 Å². The van der Waals surface area contributed by atoms with Crippen LogP contribution in [0, 0.1) is 13.8 Å². The number of aliphatic hydroxyl groups is 1. The third-order valence-electron chi connectivity index (χ3n) is 2.47. The smallest absolute Gasteiger partial charge is 0.382 e. The van der Waals surface area contributed by atoms with E-state index in [9.17, 15) is 13.2 Å². The molecule has 0 saturated heterocycles. The van der Waals surface area contributed by atoms with Gasteiger partial charge in [-0.15, -0.1) is 0 Å². The summed E-state index contributed by atoms with van der Waals surface area (Å²) >= 11 is 0. The number of hydrogen-bond donors (Lipinski definition) is 2. The molecule has 2 N–H and O–H groups in total.